The number of anilines is 1. The van der Waals surface area contributed by atoms with Crippen LogP contribution in [0.15, 0.2) is 36.9 Å². The van der Waals surface area contributed by atoms with Crippen molar-refractivity contribution < 1.29 is 13.9 Å². The zero-order chi connectivity index (χ0) is 22.4. The van der Waals surface area contributed by atoms with E-state index in [9.17, 15) is 13.9 Å². The van der Waals surface area contributed by atoms with Gasteiger partial charge in [-0.15, -0.1) is 35.0 Å². The van der Waals surface area contributed by atoms with Crippen LogP contribution >= 0.6 is 24.8 Å². The van der Waals surface area contributed by atoms with Crippen molar-refractivity contribution in [2.45, 2.75) is 57.4 Å². The number of alkyl halides is 1. The molecule has 1 aliphatic rings. The fourth-order valence-corrected chi connectivity index (χ4v) is 4.24. The molecular weight excluding hydrogens is 475 g/mol. The first-order valence-electron chi connectivity index (χ1n) is 9.97. The van der Waals surface area contributed by atoms with Crippen molar-refractivity contribution >= 4 is 30.8 Å². The van der Waals surface area contributed by atoms with E-state index in [1.54, 1.807) is 12.1 Å². The molecule has 0 unspecified atom stereocenters. The number of imidazole rings is 1. The summed E-state index contributed by atoms with van der Waals surface area (Å²) in [7, 11) is 0. The Hall–Kier alpha value is -2.56. The first kappa shape index (κ1) is 26.7. The number of hydrogen-bond acceptors (Lipinski definition) is 7. The molecule has 33 heavy (non-hydrogen) atoms. The van der Waals surface area contributed by atoms with Gasteiger partial charge in [-0.2, -0.15) is 4.39 Å². The summed E-state index contributed by atoms with van der Waals surface area (Å²) in [5.41, 5.74) is 0.376. The Morgan fingerprint density at radius 1 is 1.15 bits per heavy atom. The lowest BCUT2D eigenvalue weighted by Gasteiger charge is -2.48. The Morgan fingerprint density at radius 3 is 2.45 bits per heavy atom. The number of aromatic hydroxyl groups is 1. The zero-order valence-electron chi connectivity index (χ0n) is 18.6. The number of halogens is 4. The maximum Gasteiger partial charge on any atom is 0.243 e. The predicted octanol–water partition coefficient (Wildman–Crippen LogP) is 4.08. The smallest absolute Gasteiger partial charge is 0.243 e. The average Bonchev–Trinajstić information content (AvgIpc) is 3.12. The molecule has 1 aromatic carbocycles. The fourth-order valence-electron chi connectivity index (χ4n) is 4.24. The van der Waals surface area contributed by atoms with E-state index in [4.69, 9.17) is 0 Å². The molecule has 2 atom stereocenters. The van der Waals surface area contributed by atoms with Crippen molar-refractivity contribution in [2.75, 3.05) is 5.32 Å². The van der Waals surface area contributed by atoms with Gasteiger partial charge in [0.15, 0.2) is 0 Å². The zero-order valence-corrected chi connectivity index (χ0v) is 20.2. The van der Waals surface area contributed by atoms with Crippen molar-refractivity contribution in [3.8, 4) is 22.7 Å². The highest BCUT2D eigenvalue weighted by Gasteiger charge is 2.46. The van der Waals surface area contributed by atoms with Crippen LogP contribution in [-0.4, -0.2) is 53.1 Å². The number of nitrogens with zero attached hydrogens (tertiary/aromatic N) is 5. The van der Waals surface area contributed by atoms with Gasteiger partial charge in [-0.25, -0.2) is 14.4 Å². The SMILES string of the molecule is CC1(C)C[C@H](Nc2ncc(-c3ccc(-n4cnc(F)c4)cc3O)nn2)[C@H](F)C(C)(C)N1.Cl.Cl. The Labute approximate surface area is 203 Å². The van der Waals surface area contributed by atoms with Gasteiger partial charge < -0.3 is 20.3 Å². The second kappa shape index (κ2) is 9.74. The molecule has 1 fully saturated rings. The molecular formula is C21H27Cl2F2N7O. The van der Waals surface area contributed by atoms with Crippen LogP contribution in [0.25, 0.3) is 16.9 Å². The van der Waals surface area contributed by atoms with E-state index in [0.717, 1.165) is 0 Å². The van der Waals surface area contributed by atoms with E-state index < -0.39 is 23.7 Å². The standard InChI is InChI=1S/C21H25F2N7O.2ClH/c1-20(2)8-14(18(23)21(3,4)29-20)26-19-24-9-15(27-28-19)13-6-5-12(7-16(13)31)30-10-17(22)25-11-30;;/h5-7,9-11,14,18,29,31H,8H2,1-4H3,(H,24,26,28);2*1H/t14-,18-;;/m0../s1. The Kier molecular flexibility index (Phi) is 7.88. The summed E-state index contributed by atoms with van der Waals surface area (Å²) in [6.45, 7) is 7.73. The normalized spacial score (nSPS) is 20.9. The van der Waals surface area contributed by atoms with E-state index >= 15 is 0 Å². The molecule has 4 rings (SSSR count). The third-order valence-electron chi connectivity index (χ3n) is 5.42. The fraction of sp³-hybridized carbons (Fsp3) is 0.429. The van der Waals surface area contributed by atoms with Gasteiger partial charge >= 0.3 is 0 Å². The molecule has 12 heteroatoms. The van der Waals surface area contributed by atoms with Crippen LogP contribution in [0.1, 0.15) is 34.1 Å². The number of nitrogens with one attached hydrogen (secondary N) is 2. The average molecular weight is 502 g/mol. The monoisotopic (exact) mass is 501 g/mol. The molecule has 0 amide bonds. The summed E-state index contributed by atoms with van der Waals surface area (Å²) < 4.78 is 29.5. The van der Waals surface area contributed by atoms with E-state index in [1.165, 1.54) is 29.4 Å². The highest BCUT2D eigenvalue weighted by atomic mass is 35.5. The van der Waals surface area contributed by atoms with Crippen LogP contribution in [-0.2, 0) is 0 Å². The van der Waals surface area contributed by atoms with Crippen molar-refractivity contribution in [2.24, 2.45) is 0 Å². The molecule has 0 bridgehead atoms. The Balaban J connectivity index is 0.00000193. The number of rotatable bonds is 4. The van der Waals surface area contributed by atoms with Crippen LogP contribution in [0.4, 0.5) is 14.7 Å². The lowest BCUT2D eigenvalue weighted by Crippen LogP contribution is -2.67. The molecule has 180 valence electrons. The summed E-state index contributed by atoms with van der Waals surface area (Å²) in [6.07, 6.45) is 3.39. The van der Waals surface area contributed by atoms with E-state index in [1.807, 2.05) is 27.7 Å². The van der Waals surface area contributed by atoms with Gasteiger partial charge in [-0.05, 0) is 46.2 Å². The summed E-state index contributed by atoms with van der Waals surface area (Å²) in [5, 5.41) is 25.0. The van der Waals surface area contributed by atoms with Crippen LogP contribution < -0.4 is 10.6 Å². The third-order valence-corrected chi connectivity index (χ3v) is 5.42. The van der Waals surface area contributed by atoms with E-state index in [-0.39, 0.29) is 42.1 Å². The molecule has 0 spiro atoms. The highest BCUT2D eigenvalue weighted by molar-refractivity contribution is 5.85. The van der Waals surface area contributed by atoms with Crippen LogP contribution in [0, 0.1) is 5.95 Å². The molecule has 2 aromatic heterocycles. The van der Waals surface area contributed by atoms with Crippen molar-refractivity contribution in [3.63, 3.8) is 0 Å². The number of phenols is 1. The minimum atomic E-state index is -1.14. The number of hydrogen-bond donors (Lipinski definition) is 3. The summed E-state index contributed by atoms with van der Waals surface area (Å²) in [4.78, 5) is 7.79. The Bertz CT molecular complexity index is 1090. The van der Waals surface area contributed by atoms with Gasteiger partial charge in [0.25, 0.3) is 0 Å². The topological polar surface area (TPSA) is 101 Å². The quantitative estimate of drug-likeness (QED) is 0.494. The minimum Gasteiger partial charge on any atom is -0.507 e. The largest absolute Gasteiger partial charge is 0.507 e. The van der Waals surface area contributed by atoms with Crippen LogP contribution in [0.3, 0.4) is 0 Å². The molecule has 0 radical (unpaired) electrons. The molecule has 3 heterocycles. The van der Waals surface area contributed by atoms with Gasteiger partial charge in [0.1, 0.15) is 23.9 Å². The molecule has 3 N–H and O–H groups in total. The molecule has 3 aromatic rings. The Morgan fingerprint density at radius 2 is 1.88 bits per heavy atom. The van der Waals surface area contributed by atoms with Gasteiger partial charge in [0, 0.05) is 22.7 Å². The van der Waals surface area contributed by atoms with Gasteiger partial charge in [-0.3, -0.25) is 0 Å². The predicted molar refractivity (Wildman–Crippen MR) is 127 cm³/mol. The third kappa shape index (κ3) is 5.69. The summed E-state index contributed by atoms with van der Waals surface area (Å²) in [6, 6.07) is 4.33. The molecule has 0 aliphatic carbocycles. The summed E-state index contributed by atoms with van der Waals surface area (Å²) >= 11 is 0. The van der Waals surface area contributed by atoms with E-state index in [0.29, 0.717) is 23.4 Å². The molecule has 1 aliphatic heterocycles. The molecule has 0 saturated carbocycles. The van der Waals surface area contributed by atoms with Gasteiger partial charge in [0.2, 0.25) is 11.9 Å². The second-order valence-electron chi connectivity index (χ2n) is 9.06. The van der Waals surface area contributed by atoms with Crippen LogP contribution in [0.2, 0.25) is 0 Å². The van der Waals surface area contributed by atoms with Crippen molar-refractivity contribution in [3.05, 3.63) is 42.9 Å². The second-order valence-corrected chi connectivity index (χ2v) is 9.06. The maximum atomic E-state index is 15.0. The number of aromatic nitrogens is 5. The highest BCUT2D eigenvalue weighted by Crippen LogP contribution is 2.33. The van der Waals surface area contributed by atoms with Crippen LogP contribution in [0.5, 0.6) is 5.75 Å². The summed E-state index contributed by atoms with van der Waals surface area (Å²) in [5.74, 6) is -0.457. The van der Waals surface area contributed by atoms with E-state index in [2.05, 4.69) is 30.8 Å². The van der Waals surface area contributed by atoms with Crippen molar-refractivity contribution in [1.82, 2.24) is 30.0 Å². The number of phenolic OH excluding ortho intramolecular Hbond substituents is 1. The lowest BCUT2D eigenvalue weighted by molar-refractivity contribution is 0.0654. The molecule has 1 saturated heterocycles. The minimum absolute atomic E-state index is 0. The van der Waals surface area contributed by atoms with Crippen molar-refractivity contribution in [1.29, 1.82) is 0 Å². The first-order valence-corrected chi connectivity index (χ1v) is 9.97. The number of piperidine rings is 1. The van der Waals surface area contributed by atoms with Gasteiger partial charge in [-0.1, -0.05) is 0 Å². The van der Waals surface area contributed by atoms with Gasteiger partial charge in [0.05, 0.1) is 24.1 Å². The molecule has 8 nitrogen and oxygen atoms in total. The first-order chi connectivity index (χ1) is 14.5. The maximum absolute atomic E-state index is 15.0. The number of benzene rings is 1. The lowest BCUT2D eigenvalue weighted by atomic mass is 9.78.